The molecule has 2 heterocycles. The first kappa shape index (κ1) is 17.1. The molecule has 0 fully saturated rings. The van der Waals surface area contributed by atoms with E-state index < -0.39 is 5.97 Å². The van der Waals surface area contributed by atoms with E-state index in [1.165, 1.54) is 12.1 Å². The summed E-state index contributed by atoms with van der Waals surface area (Å²) < 4.78 is 0. The van der Waals surface area contributed by atoms with Gasteiger partial charge in [-0.3, -0.25) is 9.59 Å². The second-order valence-electron chi connectivity index (χ2n) is 6.73. The van der Waals surface area contributed by atoms with E-state index in [9.17, 15) is 19.5 Å². The standard InChI is InChI=1S/C20H19N3O4/c1-21-19(25)17-12-5-3-2-4-11(12)16(22-17)9-14-13-8-10(20(26)27)6-7-15(13)23-18(14)24/h6-9,22H,2-5H2,1H3,(H,21,25)(H,23,24)(H,26,27)/b14-9-. The number of fused-ring (bicyclic) bond motifs is 2. The first-order valence-corrected chi connectivity index (χ1v) is 8.86. The fourth-order valence-corrected chi connectivity index (χ4v) is 3.81. The fraction of sp³-hybridized carbons (Fsp3) is 0.250. The average molecular weight is 365 g/mol. The van der Waals surface area contributed by atoms with Crippen LogP contribution < -0.4 is 10.6 Å². The van der Waals surface area contributed by atoms with Gasteiger partial charge in [-0.15, -0.1) is 0 Å². The smallest absolute Gasteiger partial charge is 0.335 e. The van der Waals surface area contributed by atoms with Crippen molar-refractivity contribution in [3.8, 4) is 0 Å². The number of carbonyl (C=O) groups excluding carboxylic acids is 2. The highest BCUT2D eigenvalue weighted by Gasteiger charge is 2.28. The Balaban J connectivity index is 1.85. The maximum atomic E-state index is 12.5. The van der Waals surface area contributed by atoms with E-state index in [-0.39, 0.29) is 17.4 Å². The van der Waals surface area contributed by atoms with E-state index in [0.717, 1.165) is 42.5 Å². The molecule has 0 unspecified atom stereocenters. The summed E-state index contributed by atoms with van der Waals surface area (Å²) in [4.78, 5) is 39.1. The lowest BCUT2D eigenvalue weighted by Crippen LogP contribution is -2.20. The molecule has 4 N–H and O–H groups in total. The number of aromatic nitrogens is 1. The zero-order valence-corrected chi connectivity index (χ0v) is 14.8. The SMILES string of the molecule is CNC(=O)c1[nH]c(/C=C2\C(=O)Nc3ccc(C(=O)O)cc32)c2c1CCCC2. The number of aromatic carboxylic acids is 1. The molecule has 1 aliphatic heterocycles. The molecule has 2 aliphatic rings. The van der Waals surface area contributed by atoms with Crippen molar-refractivity contribution in [2.24, 2.45) is 0 Å². The predicted octanol–water partition coefficient (Wildman–Crippen LogP) is 2.44. The third-order valence-corrected chi connectivity index (χ3v) is 5.15. The molecule has 1 aromatic carbocycles. The van der Waals surface area contributed by atoms with Crippen molar-refractivity contribution >= 4 is 35.1 Å². The number of carboxylic acid groups (broad SMARTS) is 1. The van der Waals surface area contributed by atoms with Crippen LogP contribution in [0.15, 0.2) is 18.2 Å². The molecule has 0 saturated carbocycles. The van der Waals surface area contributed by atoms with Crippen LogP contribution in [0.2, 0.25) is 0 Å². The molecule has 2 amide bonds. The number of hydrogen-bond acceptors (Lipinski definition) is 3. The Kier molecular flexibility index (Phi) is 4.07. The first-order chi connectivity index (χ1) is 13.0. The summed E-state index contributed by atoms with van der Waals surface area (Å²) in [5.74, 6) is -1.51. The van der Waals surface area contributed by atoms with Crippen molar-refractivity contribution in [2.75, 3.05) is 12.4 Å². The normalized spacial score (nSPS) is 16.6. The molecule has 0 bridgehead atoms. The minimum Gasteiger partial charge on any atom is -0.478 e. The third kappa shape index (κ3) is 2.81. The van der Waals surface area contributed by atoms with Gasteiger partial charge < -0.3 is 20.7 Å². The topological polar surface area (TPSA) is 111 Å². The lowest BCUT2D eigenvalue weighted by molar-refractivity contribution is -0.110. The third-order valence-electron chi connectivity index (χ3n) is 5.15. The van der Waals surface area contributed by atoms with Crippen LogP contribution in [0, 0.1) is 0 Å². The summed E-state index contributed by atoms with van der Waals surface area (Å²) in [6.45, 7) is 0. The van der Waals surface area contributed by atoms with Crippen LogP contribution in [0.1, 0.15) is 56.1 Å². The molecular weight excluding hydrogens is 346 g/mol. The van der Waals surface area contributed by atoms with Crippen molar-refractivity contribution in [3.05, 3.63) is 51.8 Å². The molecule has 1 aromatic heterocycles. The van der Waals surface area contributed by atoms with Gasteiger partial charge in [-0.25, -0.2) is 4.79 Å². The number of nitrogens with one attached hydrogen (secondary N) is 3. The molecule has 7 nitrogen and oxygen atoms in total. The second-order valence-corrected chi connectivity index (χ2v) is 6.73. The molecule has 0 spiro atoms. The first-order valence-electron chi connectivity index (χ1n) is 8.86. The van der Waals surface area contributed by atoms with E-state index in [1.54, 1.807) is 19.2 Å². The largest absolute Gasteiger partial charge is 0.478 e. The Hall–Kier alpha value is -3.35. The highest BCUT2D eigenvalue weighted by molar-refractivity contribution is 6.35. The van der Waals surface area contributed by atoms with Crippen LogP contribution in [0.5, 0.6) is 0 Å². The number of hydrogen-bond donors (Lipinski definition) is 4. The number of carboxylic acids is 1. The molecule has 0 saturated heterocycles. The van der Waals surface area contributed by atoms with Crippen LogP contribution in [0.25, 0.3) is 11.6 Å². The van der Waals surface area contributed by atoms with Gasteiger partial charge in [0, 0.05) is 24.0 Å². The summed E-state index contributed by atoms with van der Waals surface area (Å²) in [7, 11) is 1.59. The van der Waals surface area contributed by atoms with E-state index in [2.05, 4.69) is 15.6 Å². The highest BCUT2D eigenvalue weighted by Crippen LogP contribution is 2.36. The lowest BCUT2D eigenvalue weighted by Gasteiger charge is -2.13. The summed E-state index contributed by atoms with van der Waals surface area (Å²) >= 11 is 0. The van der Waals surface area contributed by atoms with Crippen LogP contribution in [0.4, 0.5) is 5.69 Å². The Labute approximate surface area is 155 Å². The van der Waals surface area contributed by atoms with E-state index >= 15 is 0 Å². The van der Waals surface area contributed by atoms with E-state index in [1.807, 2.05) is 0 Å². The molecule has 138 valence electrons. The van der Waals surface area contributed by atoms with Crippen LogP contribution in [0.3, 0.4) is 0 Å². The van der Waals surface area contributed by atoms with E-state index in [4.69, 9.17) is 0 Å². The number of rotatable bonds is 3. The van der Waals surface area contributed by atoms with Gasteiger partial charge in [-0.05, 0) is 61.1 Å². The summed E-state index contributed by atoms with van der Waals surface area (Å²) in [6.07, 6.45) is 5.44. The van der Waals surface area contributed by atoms with Gasteiger partial charge in [0.25, 0.3) is 11.8 Å². The van der Waals surface area contributed by atoms with Gasteiger partial charge in [0.2, 0.25) is 0 Å². The van der Waals surface area contributed by atoms with Crippen LogP contribution >= 0.6 is 0 Å². The van der Waals surface area contributed by atoms with Crippen molar-refractivity contribution in [1.82, 2.24) is 10.3 Å². The molecule has 1 aliphatic carbocycles. The Morgan fingerprint density at radius 1 is 1.19 bits per heavy atom. The maximum Gasteiger partial charge on any atom is 0.335 e. The number of amides is 2. The van der Waals surface area contributed by atoms with Gasteiger partial charge in [0.05, 0.1) is 11.1 Å². The van der Waals surface area contributed by atoms with Gasteiger partial charge in [0.15, 0.2) is 0 Å². The minimum absolute atomic E-state index is 0.121. The predicted molar refractivity (Wildman–Crippen MR) is 101 cm³/mol. The summed E-state index contributed by atoms with van der Waals surface area (Å²) in [6, 6.07) is 4.55. The summed E-state index contributed by atoms with van der Waals surface area (Å²) in [5.41, 5.74) is 5.00. The molecule has 4 rings (SSSR count). The maximum absolute atomic E-state index is 12.5. The monoisotopic (exact) mass is 365 g/mol. The number of H-pyrrole nitrogens is 1. The van der Waals surface area contributed by atoms with Gasteiger partial charge >= 0.3 is 5.97 Å². The van der Waals surface area contributed by atoms with Crippen molar-refractivity contribution in [1.29, 1.82) is 0 Å². The molecule has 0 atom stereocenters. The number of benzene rings is 1. The van der Waals surface area contributed by atoms with Crippen LogP contribution in [-0.2, 0) is 17.6 Å². The number of anilines is 1. The van der Waals surface area contributed by atoms with Crippen LogP contribution in [-0.4, -0.2) is 34.9 Å². The Bertz CT molecular complexity index is 1020. The minimum atomic E-state index is -1.05. The molecule has 7 heteroatoms. The molecule has 2 aromatic rings. The molecular formula is C20H19N3O4. The highest BCUT2D eigenvalue weighted by atomic mass is 16.4. The zero-order chi connectivity index (χ0) is 19.1. The Morgan fingerprint density at radius 2 is 1.93 bits per heavy atom. The van der Waals surface area contributed by atoms with Crippen molar-refractivity contribution < 1.29 is 19.5 Å². The molecule has 27 heavy (non-hydrogen) atoms. The Morgan fingerprint density at radius 3 is 2.63 bits per heavy atom. The summed E-state index contributed by atoms with van der Waals surface area (Å²) in [5, 5.41) is 14.6. The van der Waals surface area contributed by atoms with E-state index in [0.29, 0.717) is 22.5 Å². The second kappa shape index (κ2) is 6.42. The number of carbonyl (C=O) groups is 3. The van der Waals surface area contributed by atoms with Gasteiger partial charge in [0.1, 0.15) is 5.69 Å². The lowest BCUT2D eigenvalue weighted by atomic mass is 9.91. The fourth-order valence-electron chi connectivity index (χ4n) is 3.81. The van der Waals surface area contributed by atoms with Crippen molar-refractivity contribution in [3.63, 3.8) is 0 Å². The average Bonchev–Trinajstić information content (AvgIpc) is 3.19. The zero-order valence-electron chi connectivity index (χ0n) is 14.8. The molecule has 0 radical (unpaired) electrons. The van der Waals surface area contributed by atoms with Crippen molar-refractivity contribution in [2.45, 2.75) is 25.7 Å². The number of aromatic amines is 1. The quantitative estimate of drug-likeness (QED) is 0.626. The van der Waals surface area contributed by atoms with Gasteiger partial charge in [-0.1, -0.05) is 0 Å². The van der Waals surface area contributed by atoms with Gasteiger partial charge in [-0.2, -0.15) is 0 Å².